The number of nitriles is 1. The van der Waals surface area contributed by atoms with E-state index in [1.54, 1.807) is 12.1 Å². The lowest BCUT2D eigenvalue weighted by Crippen LogP contribution is -2.02. The molecule has 0 spiro atoms. The van der Waals surface area contributed by atoms with E-state index in [1.165, 1.54) is 22.3 Å². The zero-order valence-electron chi connectivity index (χ0n) is 11.9. The van der Waals surface area contributed by atoms with Gasteiger partial charge in [-0.05, 0) is 61.2 Å². The average Bonchev–Trinajstić information content (AvgIpc) is 2.41. The van der Waals surface area contributed by atoms with Gasteiger partial charge in [0, 0.05) is 12.2 Å². The van der Waals surface area contributed by atoms with Crippen LogP contribution in [0, 0.1) is 32.1 Å². The third kappa shape index (κ3) is 3.12. The van der Waals surface area contributed by atoms with Crippen molar-refractivity contribution in [2.45, 2.75) is 27.3 Å². The summed E-state index contributed by atoms with van der Waals surface area (Å²) < 4.78 is 0. The molecule has 2 rings (SSSR count). The maximum absolute atomic E-state index is 8.86. The molecule has 2 nitrogen and oxygen atoms in total. The van der Waals surface area contributed by atoms with E-state index in [0.29, 0.717) is 10.6 Å². The first-order chi connectivity index (χ1) is 9.51. The Morgan fingerprint density at radius 2 is 1.75 bits per heavy atom. The molecule has 0 unspecified atom stereocenters. The second kappa shape index (κ2) is 5.98. The summed E-state index contributed by atoms with van der Waals surface area (Å²) in [5, 5.41) is 12.7. The van der Waals surface area contributed by atoms with E-state index in [-0.39, 0.29) is 0 Å². The van der Waals surface area contributed by atoms with Gasteiger partial charge in [0.1, 0.15) is 6.07 Å². The molecule has 0 amide bonds. The quantitative estimate of drug-likeness (QED) is 0.883. The molecule has 0 bridgehead atoms. The second-order valence-electron chi connectivity index (χ2n) is 5.02. The highest BCUT2D eigenvalue weighted by molar-refractivity contribution is 6.32. The molecular formula is C17H17ClN2. The molecular weight excluding hydrogens is 268 g/mol. The maximum Gasteiger partial charge on any atom is 0.101 e. The highest BCUT2D eigenvalue weighted by atomic mass is 35.5. The predicted molar refractivity (Wildman–Crippen MR) is 84.1 cm³/mol. The number of nitrogens with zero attached hydrogens (tertiary/aromatic N) is 1. The fraction of sp³-hybridized carbons (Fsp3) is 0.235. The lowest BCUT2D eigenvalue weighted by molar-refractivity contribution is 1.10. The minimum Gasteiger partial charge on any atom is -0.381 e. The molecule has 1 N–H and O–H groups in total. The van der Waals surface area contributed by atoms with Crippen molar-refractivity contribution in [3.05, 3.63) is 63.2 Å². The van der Waals surface area contributed by atoms with Crippen molar-refractivity contribution >= 4 is 17.3 Å². The van der Waals surface area contributed by atoms with E-state index >= 15 is 0 Å². The molecule has 0 aliphatic rings. The van der Waals surface area contributed by atoms with Crippen LogP contribution < -0.4 is 5.32 Å². The fourth-order valence-corrected chi connectivity index (χ4v) is 2.35. The molecule has 0 heterocycles. The number of rotatable bonds is 3. The van der Waals surface area contributed by atoms with Crippen LogP contribution in [0.3, 0.4) is 0 Å². The van der Waals surface area contributed by atoms with Gasteiger partial charge < -0.3 is 5.32 Å². The Morgan fingerprint density at radius 3 is 2.40 bits per heavy atom. The fourth-order valence-electron chi connectivity index (χ4n) is 2.12. The number of benzene rings is 2. The van der Waals surface area contributed by atoms with Gasteiger partial charge >= 0.3 is 0 Å². The molecule has 0 aliphatic heterocycles. The predicted octanol–water partition coefficient (Wildman–Crippen LogP) is 4.75. The molecule has 0 atom stereocenters. The van der Waals surface area contributed by atoms with E-state index in [0.717, 1.165) is 12.2 Å². The molecule has 0 saturated carbocycles. The molecule has 102 valence electrons. The maximum atomic E-state index is 8.86. The van der Waals surface area contributed by atoms with Crippen molar-refractivity contribution in [3.8, 4) is 6.07 Å². The van der Waals surface area contributed by atoms with Gasteiger partial charge in [-0.2, -0.15) is 5.26 Å². The zero-order chi connectivity index (χ0) is 14.7. The first-order valence-electron chi connectivity index (χ1n) is 6.51. The number of halogens is 1. The molecule has 0 saturated heterocycles. The third-order valence-corrected chi connectivity index (χ3v) is 3.84. The van der Waals surface area contributed by atoms with E-state index < -0.39 is 0 Å². The Hall–Kier alpha value is -1.98. The topological polar surface area (TPSA) is 35.8 Å². The molecule has 3 heteroatoms. The van der Waals surface area contributed by atoms with Gasteiger partial charge in [-0.25, -0.2) is 0 Å². The van der Waals surface area contributed by atoms with Crippen LogP contribution in [-0.2, 0) is 6.54 Å². The van der Waals surface area contributed by atoms with Crippen molar-refractivity contribution in [1.82, 2.24) is 0 Å². The normalized spacial score (nSPS) is 10.2. The lowest BCUT2D eigenvalue weighted by Gasteiger charge is -2.12. The molecule has 2 aromatic carbocycles. The van der Waals surface area contributed by atoms with Gasteiger partial charge in [-0.1, -0.05) is 23.7 Å². The van der Waals surface area contributed by atoms with Crippen LogP contribution in [0.15, 0.2) is 30.3 Å². The Bertz CT molecular complexity index is 684. The summed E-state index contributed by atoms with van der Waals surface area (Å²) in [5.74, 6) is 0. The number of hydrogen-bond donors (Lipinski definition) is 1. The van der Waals surface area contributed by atoms with Crippen LogP contribution in [-0.4, -0.2) is 0 Å². The summed E-state index contributed by atoms with van der Waals surface area (Å²) in [5.41, 5.74) is 6.58. The Kier molecular flexibility index (Phi) is 4.32. The summed E-state index contributed by atoms with van der Waals surface area (Å²) in [6.07, 6.45) is 0. The van der Waals surface area contributed by atoms with Crippen molar-refractivity contribution in [2.75, 3.05) is 5.32 Å². The van der Waals surface area contributed by atoms with Gasteiger partial charge in [0.05, 0.1) is 10.6 Å². The Labute approximate surface area is 125 Å². The first kappa shape index (κ1) is 14.4. The smallest absolute Gasteiger partial charge is 0.101 e. The first-order valence-corrected chi connectivity index (χ1v) is 6.89. The van der Waals surface area contributed by atoms with E-state index in [9.17, 15) is 0 Å². The van der Waals surface area contributed by atoms with Gasteiger partial charge in [0.25, 0.3) is 0 Å². The van der Waals surface area contributed by atoms with E-state index in [2.05, 4.69) is 44.3 Å². The lowest BCUT2D eigenvalue weighted by atomic mass is 10.0. The van der Waals surface area contributed by atoms with Crippen LogP contribution in [0.5, 0.6) is 0 Å². The summed E-state index contributed by atoms with van der Waals surface area (Å²) in [6, 6.07) is 11.9. The molecule has 2 aromatic rings. The van der Waals surface area contributed by atoms with Crippen LogP contribution in [0.2, 0.25) is 5.02 Å². The van der Waals surface area contributed by atoms with Gasteiger partial charge in [-0.3, -0.25) is 0 Å². The number of nitrogens with one attached hydrogen (secondary N) is 1. The number of anilines is 1. The van der Waals surface area contributed by atoms with Crippen molar-refractivity contribution in [2.24, 2.45) is 0 Å². The number of aryl methyl sites for hydroxylation is 3. The monoisotopic (exact) mass is 284 g/mol. The van der Waals surface area contributed by atoms with Crippen LogP contribution >= 0.6 is 11.6 Å². The molecule has 0 fully saturated rings. The van der Waals surface area contributed by atoms with Crippen molar-refractivity contribution in [3.63, 3.8) is 0 Å². The molecule has 20 heavy (non-hydrogen) atoms. The van der Waals surface area contributed by atoms with Gasteiger partial charge in [-0.15, -0.1) is 0 Å². The second-order valence-corrected chi connectivity index (χ2v) is 5.43. The minimum atomic E-state index is 0.481. The van der Waals surface area contributed by atoms with Crippen LogP contribution in [0.25, 0.3) is 0 Å². The molecule has 0 radical (unpaired) electrons. The van der Waals surface area contributed by atoms with Gasteiger partial charge in [0.2, 0.25) is 0 Å². The summed E-state index contributed by atoms with van der Waals surface area (Å²) in [7, 11) is 0. The summed E-state index contributed by atoms with van der Waals surface area (Å²) >= 11 is 6.03. The highest BCUT2D eigenvalue weighted by Crippen LogP contribution is 2.22. The third-order valence-electron chi connectivity index (χ3n) is 3.52. The van der Waals surface area contributed by atoms with Crippen molar-refractivity contribution in [1.29, 1.82) is 5.26 Å². The summed E-state index contributed by atoms with van der Waals surface area (Å²) in [4.78, 5) is 0. The number of hydrogen-bond acceptors (Lipinski definition) is 2. The van der Waals surface area contributed by atoms with E-state index in [1.807, 2.05) is 6.07 Å². The van der Waals surface area contributed by atoms with Crippen LogP contribution in [0.4, 0.5) is 5.69 Å². The van der Waals surface area contributed by atoms with Crippen molar-refractivity contribution < 1.29 is 0 Å². The SMILES string of the molecule is Cc1cc(C)c(CNc2ccc(C#N)c(Cl)c2)cc1C. The minimum absolute atomic E-state index is 0.481. The average molecular weight is 285 g/mol. The highest BCUT2D eigenvalue weighted by Gasteiger charge is 2.04. The Balaban J connectivity index is 2.15. The summed E-state index contributed by atoms with van der Waals surface area (Å²) in [6.45, 7) is 7.11. The molecule has 0 aliphatic carbocycles. The molecule has 0 aromatic heterocycles. The largest absolute Gasteiger partial charge is 0.381 e. The van der Waals surface area contributed by atoms with E-state index in [4.69, 9.17) is 16.9 Å². The van der Waals surface area contributed by atoms with Crippen LogP contribution in [0.1, 0.15) is 27.8 Å². The standard InChI is InChI=1S/C17H17ClN2/c1-11-6-13(3)15(7-12(11)2)10-20-16-5-4-14(9-19)17(18)8-16/h4-8,20H,10H2,1-3H3. The van der Waals surface area contributed by atoms with Gasteiger partial charge in [0.15, 0.2) is 0 Å². The Morgan fingerprint density at radius 1 is 1.05 bits per heavy atom. The zero-order valence-corrected chi connectivity index (χ0v) is 12.7.